The van der Waals surface area contributed by atoms with E-state index in [0.717, 1.165) is 6.07 Å². The Bertz CT molecular complexity index is 1220. The fourth-order valence-electron chi connectivity index (χ4n) is 3.21. The van der Waals surface area contributed by atoms with E-state index in [9.17, 15) is 22.6 Å². The molecule has 0 fully saturated rings. The van der Waals surface area contributed by atoms with E-state index in [4.69, 9.17) is 5.73 Å². The Labute approximate surface area is 168 Å². The molecule has 0 amide bonds. The maximum atomic E-state index is 13.2. The molecule has 29 heavy (non-hydrogen) atoms. The van der Waals surface area contributed by atoms with Crippen molar-refractivity contribution in [3.05, 3.63) is 89.2 Å². The highest BCUT2D eigenvalue weighted by Crippen LogP contribution is 2.39. The molecule has 148 valence electrons. The van der Waals surface area contributed by atoms with Gasteiger partial charge in [-0.25, -0.2) is 0 Å². The van der Waals surface area contributed by atoms with Gasteiger partial charge in [-0.2, -0.15) is 8.42 Å². The normalized spacial score (nSPS) is 13.9. The van der Waals surface area contributed by atoms with Crippen LogP contribution in [0.1, 0.15) is 38.8 Å². The van der Waals surface area contributed by atoms with Gasteiger partial charge in [-0.05, 0) is 25.1 Å². The molecule has 8 heteroatoms. The second-order valence-corrected chi connectivity index (χ2v) is 7.64. The van der Waals surface area contributed by atoms with Crippen LogP contribution >= 0.6 is 0 Å². The lowest BCUT2D eigenvalue weighted by Gasteiger charge is -2.23. The Hall–Kier alpha value is -3.49. The second kappa shape index (κ2) is 7.50. The third-order valence-electron chi connectivity index (χ3n) is 4.40. The fourth-order valence-corrected chi connectivity index (χ4v) is 3.85. The number of anilines is 2. The molecular formula is C21H18N2O5S. The molecule has 0 heterocycles. The minimum Gasteiger partial charge on any atom is -0.397 e. The number of carbonyl (C=O) groups excluding carboxylic acids is 2. The molecule has 0 aromatic heterocycles. The summed E-state index contributed by atoms with van der Waals surface area (Å²) in [5, 5.41) is 2.93. The SMILES string of the molecule is C=C/C=C(\C=C/C)Nc1cc(S(=O)(=O)O)c(N)c2c1C(=O)c1ccccc1C2=O. The number of nitrogens with one attached hydrogen (secondary N) is 1. The molecule has 4 N–H and O–H groups in total. The predicted octanol–water partition coefficient (Wildman–Crippen LogP) is 3.35. The standard InChI is InChI=1S/C21H18N2O5S/c1-3-7-12(8-4-2)23-15-11-16(29(26,27)28)19(22)18-17(15)20(24)13-9-5-6-10-14(13)21(18)25/h3-11,23H,1,22H2,2H3,(H,26,27,28)/b8-4-,12-7+. The molecule has 2 aromatic carbocycles. The Kier molecular flexibility index (Phi) is 5.23. The molecule has 0 bridgehead atoms. The highest BCUT2D eigenvalue weighted by Gasteiger charge is 2.36. The van der Waals surface area contributed by atoms with Crippen LogP contribution in [-0.4, -0.2) is 24.5 Å². The molecule has 0 unspecified atom stereocenters. The van der Waals surface area contributed by atoms with E-state index in [1.807, 2.05) is 0 Å². The molecule has 0 aliphatic heterocycles. The summed E-state index contributed by atoms with van der Waals surface area (Å²) in [6.07, 6.45) is 6.48. The summed E-state index contributed by atoms with van der Waals surface area (Å²) in [6, 6.07) is 7.24. The topological polar surface area (TPSA) is 127 Å². The van der Waals surface area contributed by atoms with Crippen molar-refractivity contribution in [2.45, 2.75) is 11.8 Å². The summed E-state index contributed by atoms with van der Waals surface area (Å²) in [7, 11) is -4.75. The van der Waals surface area contributed by atoms with Crippen LogP contribution in [-0.2, 0) is 10.1 Å². The molecule has 1 aliphatic rings. The zero-order valence-corrected chi connectivity index (χ0v) is 16.3. The van der Waals surface area contributed by atoms with Gasteiger partial charge < -0.3 is 11.1 Å². The highest BCUT2D eigenvalue weighted by atomic mass is 32.2. The molecular weight excluding hydrogens is 392 g/mol. The Morgan fingerprint density at radius 3 is 2.24 bits per heavy atom. The molecule has 0 radical (unpaired) electrons. The monoisotopic (exact) mass is 410 g/mol. The van der Waals surface area contributed by atoms with Gasteiger partial charge in [0.15, 0.2) is 11.6 Å². The predicted molar refractivity (Wildman–Crippen MR) is 111 cm³/mol. The van der Waals surface area contributed by atoms with Gasteiger partial charge >= 0.3 is 0 Å². The molecule has 2 aromatic rings. The van der Waals surface area contributed by atoms with Gasteiger partial charge in [0.25, 0.3) is 10.1 Å². The number of hydrogen-bond donors (Lipinski definition) is 3. The van der Waals surface area contributed by atoms with Gasteiger partial charge in [-0.1, -0.05) is 43.0 Å². The number of hydrogen-bond acceptors (Lipinski definition) is 6. The quantitative estimate of drug-likeness (QED) is 0.334. The number of carbonyl (C=O) groups is 2. The summed E-state index contributed by atoms with van der Waals surface area (Å²) in [6.45, 7) is 5.38. The molecule has 1 aliphatic carbocycles. The van der Waals surface area contributed by atoms with E-state index in [0.29, 0.717) is 5.70 Å². The molecule has 3 rings (SSSR count). The van der Waals surface area contributed by atoms with Crippen molar-refractivity contribution in [3.8, 4) is 0 Å². The zero-order valence-electron chi connectivity index (χ0n) is 15.5. The average Bonchev–Trinajstić information content (AvgIpc) is 2.66. The molecule has 0 atom stereocenters. The average molecular weight is 410 g/mol. The van der Waals surface area contributed by atoms with Gasteiger partial charge in [0.05, 0.1) is 22.5 Å². The van der Waals surface area contributed by atoms with Crippen LogP contribution in [0.4, 0.5) is 11.4 Å². The lowest BCUT2D eigenvalue weighted by Crippen LogP contribution is -2.25. The van der Waals surface area contributed by atoms with Crippen LogP contribution in [0.15, 0.2) is 71.8 Å². The van der Waals surface area contributed by atoms with Crippen LogP contribution in [0.2, 0.25) is 0 Å². The number of benzene rings is 2. The van der Waals surface area contributed by atoms with Crippen molar-refractivity contribution in [2.24, 2.45) is 0 Å². The van der Waals surface area contributed by atoms with Crippen molar-refractivity contribution in [2.75, 3.05) is 11.1 Å². The van der Waals surface area contributed by atoms with Crippen molar-refractivity contribution in [3.63, 3.8) is 0 Å². The third kappa shape index (κ3) is 3.51. The van der Waals surface area contributed by atoms with E-state index < -0.39 is 32.3 Å². The highest BCUT2D eigenvalue weighted by molar-refractivity contribution is 7.86. The van der Waals surface area contributed by atoms with Crippen LogP contribution in [0, 0.1) is 0 Å². The largest absolute Gasteiger partial charge is 0.397 e. The van der Waals surface area contributed by atoms with E-state index >= 15 is 0 Å². The third-order valence-corrected chi connectivity index (χ3v) is 5.29. The number of nitrogen functional groups attached to an aromatic ring is 1. The number of nitrogens with two attached hydrogens (primary N) is 1. The summed E-state index contributed by atoms with van der Waals surface area (Å²) in [4.78, 5) is 25.6. The van der Waals surface area contributed by atoms with Crippen molar-refractivity contribution >= 4 is 33.1 Å². The van der Waals surface area contributed by atoms with Crippen LogP contribution in [0.3, 0.4) is 0 Å². The number of allylic oxidation sites excluding steroid dienone is 4. The Morgan fingerprint density at radius 1 is 1.14 bits per heavy atom. The van der Waals surface area contributed by atoms with E-state index in [-0.39, 0.29) is 27.9 Å². The smallest absolute Gasteiger partial charge is 0.296 e. The van der Waals surface area contributed by atoms with Gasteiger partial charge in [0.2, 0.25) is 0 Å². The van der Waals surface area contributed by atoms with Gasteiger partial charge in [-0.3, -0.25) is 14.1 Å². The van der Waals surface area contributed by atoms with Gasteiger partial charge in [-0.15, -0.1) is 0 Å². The number of ketones is 2. The summed E-state index contributed by atoms with van der Waals surface area (Å²) < 4.78 is 33.3. The number of rotatable bonds is 5. The van der Waals surface area contributed by atoms with Crippen molar-refractivity contribution in [1.82, 2.24) is 0 Å². The first-order valence-electron chi connectivity index (χ1n) is 8.55. The maximum absolute atomic E-state index is 13.2. The lowest BCUT2D eigenvalue weighted by molar-refractivity contribution is 0.0980. The van der Waals surface area contributed by atoms with E-state index in [1.54, 1.807) is 37.3 Å². The molecule has 0 spiro atoms. The molecule has 0 saturated carbocycles. The first kappa shape index (κ1) is 20.2. The first-order chi connectivity index (χ1) is 13.7. The molecule has 0 saturated heterocycles. The Morgan fingerprint density at radius 2 is 1.72 bits per heavy atom. The van der Waals surface area contributed by atoms with Gasteiger partial charge in [0.1, 0.15) is 4.90 Å². The van der Waals surface area contributed by atoms with Crippen LogP contribution in [0.25, 0.3) is 0 Å². The van der Waals surface area contributed by atoms with Gasteiger partial charge in [0, 0.05) is 16.8 Å². The molecule has 7 nitrogen and oxygen atoms in total. The zero-order chi connectivity index (χ0) is 21.3. The lowest BCUT2D eigenvalue weighted by atomic mass is 9.82. The van der Waals surface area contributed by atoms with Crippen molar-refractivity contribution < 1.29 is 22.6 Å². The maximum Gasteiger partial charge on any atom is 0.296 e. The van der Waals surface area contributed by atoms with Crippen LogP contribution < -0.4 is 11.1 Å². The summed E-state index contributed by atoms with van der Waals surface area (Å²) >= 11 is 0. The minimum atomic E-state index is -4.75. The number of fused-ring (bicyclic) bond motifs is 2. The summed E-state index contributed by atoms with van der Waals surface area (Å²) in [5.74, 6) is -1.08. The minimum absolute atomic E-state index is 0.0286. The first-order valence-corrected chi connectivity index (χ1v) is 9.99. The van der Waals surface area contributed by atoms with Crippen LogP contribution in [0.5, 0.6) is 0 Å². The Balaban J connectivity index is 2.38. The summed E-state index contributed by atoms with van der Waals surface area (Å²) in [5.41, 5.74) is 5.96. The van der Waals surface area contributed by atoms with E-state index in [1.165, 1.54) is 18.2 Å². The van der Waals surface area contributed by atoms with Crippen molar-refractivity contribution in [1.29, 1.82) is 0 Å². The second-order valence-electron chi connectivity index (χ2n) is 6.25. The fraction of sp³-hybridized carbons (Fsp3) is 0.0476. The van der Waals surface area contributed by atoms with E-state index in [2.05, 4.69) is 11.9 Å².